The molecule has 0 atom stereocenters. The zero-order valence-corrected chi connectivity index (χ0v) is 12.7. The number of Topliss-reactive ketones (excluding diaryl/α,β-unsaturated/α-hetero) is 1. The first-order chi connectivity index (χ1) is 7.18. The number of ketones is 1. The maximum Gasteiger partial charge on any atom is 0.242 e. The van der Waals surface area contributed by atoms with Crippen molar-refractivity contribution in [2.45, 2.75) is 9.49 Å². The third-order valence-corrected chi connectivity index (χ3v) is 7.49. The Hall–Kier alpha value is -0.200. The van der Waals surface area contributed by atoms with Gasteiger partial charge in [-0.1, -0.05) is 24.3 Å². The van der Waals surface area contributed by atoms with E-state index in [0.29, 0.717) is 5.56 Å². The molecule has 0 aliphatic carbocycles. The SMILES string of the molecule is Cc1ccccc1C(=O)C(Br)(Br)S(C)(=O)=O. The molecule has 0 amide bonds. The summed E-state index contributed by atoms with van der Waals surface area (Å²) in [5.41, 5.74) is 1.11. The summed E-state index contributed by atoms with van der Waals surface area (Å²) in [6.45, 7) is 1.76. The Bertz CT molecular complexity index is 521. The summed E-state index contributed by atoms with van der Waals surface area (Å²) in [5.74, 6) is -0.520. The van der Waals surface area contributed by atoms with Gasteiger partial charge in [0.1, 0.15) is 0 Å². The number of carbonyl (C=O) groups is 1. The largest absolute Gasteiger partial charge is 0.290 e. The lowest BCUT2D eigenvalue weighted by molar-refractivity contribution is 0.100. The molecule has 16 heavy (non-hydrogen) atoms. The van der Waals surface area contributed by atoms with Crippen LogP contribution >= 0.6 is 31.9 Å². The number of benzene rings is 1. The molecule has 0 fully saturated rings. The first-order valence-corrected chi connectivity index (χ1v) is 7.83. The van der Waals surface area contributed by atoms with Crippen LogP contribution in [0.15, 0.2) is 24.3 Å². The second-order valence-corrected chi connectivity index (χ2v) is 10.1. The van der Waals surface area contributed by atoms with E-state index in [2.05, 4.69) is 31.9 Å². The Morgan fingerprint density at radius 2 is 1.75 bits per heavy atom. The fourth-order valence-corrected chi connectivity index (χ4v) is 2.03. The van der Waals surface area contributed by atoms with Gasteiger partial charge < -0.3 is 0 Å². The van der Waals surface area contributed by atoms with Crippen molar-refractivity contribution in [2.75, 3.05) is 6.26 Å². The van der Waals surface area contributed by atoms with Gasteiger partial charge in [0.05, 0.1) is 0 Å². The normalized spacial score (nSPS) is 12.5. The highest BCUT2D eigenvalue weighted by molar-refractivity contribution is 9.28. The minimum atomic E-state index is -3.58. The van der Waals surface area contributed by atoms with Gasteiger partial charge in [0.15, 0.2) is 9.84 Å². The molecule has 0 saturated heterocycles. The lowest BCUT2D eigenvalue weighted by atomic mass is 10.1. The highest BCUT2D eigenvalue weighted by atomic mass is 79.9. The first-order valence-electron chi connectivity index (χ1n) is 4.36. The van der Waals surface area contributed by atoms with Crippen LogP contribution in [-0.4, -0.2) is 23.0 Å². The first kappa shape index (κ1) is 13.9. The molecule has 0 aliphatic heterocycles. The number of rotatable bonds is 3. The van der Waals surface area contributed by atoms with E-state index in [-0.39, 0.29) is 0 Å². The van der Waals surface area contributed by atoms with E-state index >= 15 is 0 Å². The number of aryl methyl sites for hydroxylation is 1. The quantitative estimate of drug-likeness (QED) is 0.608. The van der Waals surface area contributed by atoms with E-state index in [1.54, 1.807) is 31.2 Å². The monoisotopic (exact) mass is 368 g/mol. The molecule has 1 aromatic rings. The summed E-state index contributed by atoms with van der Waals surface area (Å²) >= 11 is 5.84. The van der Waals surface area contributed by atoms with Crippen LogP contribution in [0.4, 0.5) is 0 Å². The predicted octanol–water partition coefficient (Wildman–Crippen LogP) is 2.67. The molecule has 1 rings (SSSR count). The highest BCUT2D eigenvalue weighted by Gasteiger charge is 2.43. The van der Waals surface area contributed by atoms with Crippen LogP contribution in [0.3, 0.4) is 0 Å². The maximum absolute atomic E-state index is 12.1. The van der Waals surface area contributed by atoms with Crippen molar-refractivity contribution in [1.29, 1.82) is 0 Å². The molecule has 0 saturated carbocycles. The van der Waals surface area contributed by atoms with E-state index in [0.717, 1.165) is 11.8 Å². The number of halogens is 2. The molecule has 0 aliphatic rings. The molecule has 0 bridgehead atoms. The average Bonchev–Trinajstić information content (AvgIpc) is 2.15. The molecule has 1 aromatic carbocycles. The summed E-state index contributed by atoms with van der Waals surface area (Å²) in [5, 5.41) is 0. The maximum atomic E-state index is 12.1. The van der Waals surface area contributed by atoms with E-state index in [9.17, 15) is 13.2 Å². The molecule has 0 unspecified atom stereocenters. The fourth-order valence-electron chi connectivity index (χ4n) is 1.15. The molecule has 0 aromatic heterocycles. The molecule has 6 heteroatoms. The van der Waals surface area contributed by atoms with Crippen LogP contribution in [0.1, 0.15) is 15.9 Å². The second kappa shape index (κ2) is 4.58. The number of hydrogen-bond acceptors (Lipinski definition) is 3. The Morgan fingerprint density at radius 3 is 2.19 bits per heavy atom. The van der Waals surface area contributed by atoms with Crippen molar-refractivity contribution in [3.63, 3.8) is 0 Å². The third-order valence-electron chi connectivity index (χ3n) is 2.12. The standard InChI is InChI=1S/C10H10Br2O3S/c1-7-5-3-4-6-8(7)9(13)10(11,12)16(2,14)15/h3-6H,1-2H3. The lowest BCUT2D eigenvalue weighted by Crippen LogP contribution is -2.34. The summed E-state index contributed by atoms with van der Waals surface area (Å²) in [7, 11) is -3.58. The van der Waals surface area contributed by atoms with Gasteiger partial charge in [-0.2, -0.15) is 0 Å². The highest BCUT2D eigenvalue weighted by Crippen LogP contribution is 2.36. The van der Waals surface area contributed by atoms with Gasteiger partial charge >= 0.3 is 0 Å². The van der Waals surface area contributed by atoms with Crippen LogP contribution in [0.2, 0.25) is 0 Å². The van der Waals surface area contributed by atoms with Gasteiger partial charge in [-0.3, -0.25) is 4.79 Å². The summed E-state index contributed by atoms with van der Waals surface area (Å²) in [6, 6.07) is 6.83. The Kier molecular flexibility index (Phi) is 3.97. The Labute approximate surface area is 111 Å². The van der Waals surface area contributed by atoms with Crippen LogP contribution in [0.5, 0.6) is 0 Å². The van der Waals surface area contributed by atoms with Gasteiger partial charge in [-0.15, -0.1) is 0 Å². The lowest BCUT2D eigenvalue weighted by Gasteiger charge is -2.17. The van der Waals surface area contributed by atoms with Crippen molar-refractivity contribution in [3.8, 4) is 0 Å². The van der Waals surface area contributed by atoms with Crippen molar-refractivity contribution in [3.05, 3.63) is 35.4 Å². The number of hydrogen-bond donors (Lipinski definition) is 0. The topological polar surface area (TPSA) is 51.2 Å². The molecule has 0 N–H and O–H groups in total. The van der Waals surface area contributed by atoms with Crippen molar-refractivity contribution < 1.29 is 13.2 Å². The molecule has 88 valence electrons. The molecule has 0 spiro atoms. The van der Waals surface area contributed by atoms with Gasteiger partial charge in [0.25, 0.3) is 0 Å². The Balaban J connectivity index is 3.29. The Morgan fingerprint density at radius 1 is 1.25 bits per heavy atom. The zero-order valence-electron chi connectivity index (χ0n) is 8.70. The van der Waals surface area contributed by atoms with E-state index in [1.165, 1.54) is 0 Å². The second-order valence-electron chi connectivity index (χ2n) is 3.43. The molecular formula is C10H10Br2O3S. The van der Waals surface area contributed by atoms with E-state index in [4.69, 9.17) is 0 Å². The zero-order chi connectivity index (χ0) is 12.6. The smallest absolute Gasteiger partial charge is 0.242 e. The summed E-state index contributed by atoms with van der Waals surface area (Å²) < 4.78 is 21.2. The molecule has 3 nitrogen and oxygen atoms in total. The van der Waals surface area contributed by atoms with Crippen LogP contribution in [-0.2, 0) is 9.84 Å². The predicted molar refractivity (Wildman–Crippen MR) is 70.9 cm³/mol. The van der Waals surface area contributed by atoms with Crippen LogP contribution in [0, 0.1) is 6.92 Å². The summed E-state index contributed by atoms with van der Waals surface area (Å²) in [6.07, 6.45) is 0.993. The van der Waals surface area contributed by atoms with E-state index in [1.807, 2.05) is 0 Å². The van der Waals surface area contributed by atoms with Gasteiger partial charge in [-0.05, 0) is 44.3 Å². The molecule has 0 heterocycles. The minimum Gasteiger partial charge on any atom is -0.290 e. The van der Waals surface area contributed by atoms with Crippen LogP contribution in [0.25, 0.3) is 0 Å². The van der Waals surface area contributed by atoms with Crippen LogP contribution < -0.4 is 0 Å². The molecule has 0 radical (unpaired) electrons. The average molecular weight is 370 g/mol. The number of alkyl halides is 2. The van der Waals surface area contributed by atoms with E-state index < -0.39 is 18.2 Å². The van der Waals surface area contributed by atoms with Crippen molar-refractivity contribution in [2.24, 2.45) is 0 Å². The molecular weight excluding hydrogens is 360 g/mol. The number of sulfone groups is 1. The summed E-state index contributed by atoms with van der Waals surface area (Å²) in [4.78, 5) is 12.1. The number of carbonyl (C=O) groups excluding carboxylic acids is 1. The van der Waals surface area contributed by atoms with Gasteiger partial charge in [0.2, 0.25) is 8.35 Å². The van der Waals surface area contributed by atoms with Crippen molar-refractivity contribution in [1.82, 2.24) is 0 Å². The van der Waals surface area contributed by atoms with Gasteiger partial charge in [0, 0.05) is 11.8 Å². The minimum absolute atomic E-state index is 0.377. The van der Waals surface area contributed by atoms with Crippen molar-refractivity contribution >= 4 is 47.5 Å². The fraction of sp³-hybridized carbons (Fsp3) is 0.300. The van der Waals surface area contributed by atoms with Gasteiger partial charge in [-0.25, -0.2) is 8.42 Å². The third kappa shape index (κ3) is 2.55.